The predicted octanol–water partition coefficient (Wildman–Crippen LogP) is 5.73. The summed E-state index contributed by atoms with van der Waals surface area (Å²) in [5.41, 5.74) is 6.92. The first-order chi connectivity index (χ1) is 15.4. The first-order valence-corrected chi connectivity index (χ1v) is 12.0. The molecule has 3 heteroatoms. The lowest BCUT2D eigenvalue weighted by Crippen LogP contribution is -2.45. The number of ketones is 1. The molecule has 4 aliphatic rings. The van der Waals surface area contributed by atoms with Gasteiger partial charge in [0.05, 0.1) is 12.7 Å². The number of fused-ring (bicyclic) bond motifs is 4. The average Bonchev–Trinajstić information content (AvgIpc) is 3.08. The van der Waals surface area contributed by atoms with Crippen molar-refractivity contribution in [2.45, 2.75) is 77.4 Å². The highest BCUT2D eigenvalue weighted by Crippen LogP contribution is 2.63. The molecule has 0 spiro atoms. The van der Waals surface area contributed by atoms with Crippen LogP contribution in [-0.2, 0) is 16.1 Å². The second-order valence-corrected chi connectivity index (χ2v) is 10.1. The maximum atomic E-state index is 12.1. The predicted molar refractivity (Wildman–Crippen MR) is 128 cm³/mol. The van der Waals surface area contributed by atoms with E-state index in [9.17, 15) is 9.90 Å². The van der Waals surface area contributed by atoms with Crippen molar-refractivity contribution in [3.63, 3.8) is 0 Å². The molecule has 2 fully saturated rings. The van der Waals surface area contributed by atoms with E-state index in [2.05, 4.69) is 43.5 Å². The number of methoxy groups -OCH3 is 1. The molecule has 0 heterocycles. The Morgan fingerprint density at radius 1 is 1.22 bits per heavy atom. The molecule has 0 bridgehead atoms. The van der Waals surface area contributed by atoms with Crippen LogP contribution in [0.3, 0.4) is 0 Å². The zero-order valence-electron chi connectivity index (χ0n) is 19.7. The fourth-order valence-corrected chi connectivity index (χ4v) is 7.00. The van der Waals surface area contributed by atoms with Gasteiger partial charge in [0.2, 0.25) is 0 Å². The largest absolute Gasteiger partial charge is 0.393 e. The van der Waals surface area contributed by atoms with Crippen LogP contribution in [0.1, 0.15) is 75.8 Å². The van der Waals surface area contributed by atoms with E-state index in [4.69, 9.17) is 4.74 Å². The number of carbonyl (C=O) groups is 1. The summed E-state index contributed by atoms with van der Waals surface area (Å²) in [6.45, 7) is 4.61. The van der Waals surface area contributed by atoms with Crippen molar-refractivity contribution in [3.8, 4) is 12.3 Å². The van der Waals surface area contributed by atoms with Crippen LogP contribution < -0.4 is 0 Å². The number of aliphatic hydroxyl groups is 1. The number of allylic oxidation sites excluding steroid dienone is 4. The number of rotatable bonds is 3. The summed E-state index contributed by atoms with van der Waals surface area (Å²) in [6, 6.07) is 8.83. The van der Waals surface area contributed by atoms with E-state index in [0.717, 1.165) is 38.5 Å². The maximum absolute atomic E-state index is 12.1. The Bertz CT molecular complexity index is 978. The molecule has 1 N–H and O–H groups in total. The zero-order chi connectivity index (χ0) is 22.9. The summed E-state index contributed by atoms with van der Waals surface area (Å²) >= 11 is 0. The monoisotopic (exact) mass is 432 g/mol. The number of ether oxygens (including phenoxy) is 1. The van der Waals surface area contributed by atoms with Gasteiger partial charge < -0.3 is 9.84 Å². The van der Waals surface area contributed by atoms with E-state index in [1.54, 1.807) is 19.6 Å². The Kier molecular flexibility index (Phi) is 6.75. The van der Waals surface area contributed by atoms with Gasteiger partial charge in [-0.25, -0.2) is 0 Å². The van der Waals surface area contributed by atoms with Gasteiger partial charge in [0.1, 0.15) is 0 Å². The number of benzene rings is 1. The Hall–Kier alpha value is -2.15. The second-order valence-electron chi connectivity index (χ2n) is 10.1. The summed E-state index contributed by atoms with van der Waals surface area (Å²) in [6.07, 6.45) is 13.1. The minimum atomic E-state index is -0.200. The molecule has 1 aromatic carbocycles. The van der Waals surface area contributed by atoms with E-state index in [-0.39, 0.29) is 11.5 Å². The summed E-state index contributed by atoms with van der Waals surface area (Å²) < 4.78 is 5.38. The first-order valence-electron chi connectivity index (χ1n) is 12.0. The lowest BCUT2D eigenvalue weighted by Gasteiger charge is -2.52. The van der Waals surface area contributed by atoms with Gasteiger partial charge in [0, 0.05) is 19.4 Å². The Morgan fingerprint density at radius 3 is 2.75 bits per heavy atom. The number of terminal acetylenes is 1. The smallest absolute Gasteiger partial charge is 0.156 e. The van der Waals surface area contributed by atoms with Gasteiger partial charge in [0.25, 0.3) is 0 Å². The molecule has 2 saturated carbocycles. The highest BCUT2D eigenvalue weighted by atomic mass is 16.5. The molecule has 0 saturated heterocycles. The summed E-state index contributed by atoms with van der Waals surface area (Å²) in [5.74, 6) is 3.98. The lowest BCUT2D eigenvalue weighted by molar-refractivity contribution is -0.114. The molecule has 3 nitrogen and oxygen atoms in total. The van der Waals surface area contributed by atoms with Gasteiger partial charge in [0.15, 0.2) is 5.78 Å². The minimum Gasteiger partial charge on any atom is -0.393 e. The quantitative estimate of drug-likeness (QED) is 0.620. The third kappa shape index (κ3) is 4.00. The summed E-state index contributed by atoms with van der Waals surface area (Å²) in [5, 5.41) is 11.0. The van der Waals surface area contributed by atoms with Crippen LogP contribution in [0.4, 0.5) is 0 Å². The van der Waals surface area contributed by atoms with Crippen LogP contribution in [0.15, 0.2) is 47.1 Å². The molecule has 5 atom stereocenters. The average molecular weight is 433 g/mol. The molecule has 0 radical (unpaired) electrons. The van der Waals surface area contributed by atoms with Crippen LogP contribution >= 0.6 is 0 Å². The maximum Gasteiger partial charge on any atom is 0.156 e. The van der Waals surface area contributed by atoms with Gasteiger partial charge in [-0.05, 0) is 91.0 Å². The highest BCUT2D eigenvalue weighted by Gasteiger charge is 2.56. The SMILES string of the molecule is C#CC.COCc1cccc(C2CC3(C)C(O)CCC3C3CCC4=CC(=O)CCC4=C23)c1. The third-order valence-electron chi connectivity index (χ3n) is 8.35. The van der Waals surface area contributed by atoms with E-state index in [1.165, 1.54) is 22.3 Å². The van der Waals surface area contributed by atoms with Crippen LogP contribution in [0, 0.1) is 29.6 Å². The molecule has 0 aliphatic heterocycles. The third-order valence-corrected chi connectivity index (χ3v) is 8.35. The van der Waals surface area contributed by atoms with Gasteiger partial charge in [-0.1, -0.05) is 36.8 Å². The van der Waals surface area contributed by atoms with Crippen molar-refractivity contribution in [2.75, 3.05) is 7.11 Å². The van der Waals surface area contributed by atoms with Gasteiger partial charge >= 0.3 is 0 Å². The van der Waals surface area contributed by atoms with Gasteiger partial charge in [-0.2, -0.15) is 0 Å². The fourth-order valence-electron chi connectivity index (χ4n) is 7.00. The fraction of sp³-hybridized carbons (Fsp3) is 0.552. The number of hydrogen-bond donors (Lipinski definition) is 1. The van der Waals surface area contributed by atoms with Crippen molar-refractivity contribution in [1.82, 2.24) is 0 Å². The normalized spacial score (nSPS) is 33.2. The van der Waals surface area contributed by atoms with Crippen LogP contribution in [0.5, 0.6) is 0 Å². The van der Waals surface area contributed by atoms with Crippen LogP contribution in [0.2, 0.25) is 0 Å². The number of hydrogen-bond acceptors (Lipinski definition) is 3. The molecular formula is C29H36O3. The lowest BCUT2D eigenvalue weighted by atomic mass is 9.53. The van der Waals surface area contributed by atoms with Crippen LogP contribution in [0.25, 0.3) is 0 Å². The van der Waals surface area contributed by atoms with Gasteiger partial charge in [-0.3, -0.25) is 4.79 Å². The first kappa shape index (κ1) is 23.0. The Morgan fingerprint density at radius 2 is 2.00 bits per heavy atom. The van der Waals surface area contributed by atoms with E-state index >= 15 is 0 Å². The molecule has 170 valence electrons. The van der Waals surface area contributed by atoms with E-state index in [0.29, 0.717) is 36.6 Å². The molecule has 5 rings (SSSR count). The highest BCUT2D eigenvalue weighted by molar-refractivity contribution is 5.93. The zero-order valence-corrected chi connectivity index (χ0v) is 19.7. The second kappa shape index (κ2) is 9.38. The topological polar surface area (TPSA) is 46.5 Å². The van der Waals surface area contributed by atoms with Crippen LogP contribution in [-0.4, -0.2) is 24.1 Å². The summed E-state index contributed by atoms with van der Waals surface area (Å²) in [7, 11) is 1.74. The van der Waals surface area contributed by atoms with Gasteiger partial charge in [-0.15, -0.1) is 12.3 Å². The summed E-state index contributed by atoms with van der Waals surface area (Å²) in [4.78, 5) is 12.1. The number of aliphatic hydroxyl groups excluding tert-OH is 1. The molecule has 5 unspecified atom stereocenters. The molecular weight excluding hydrogens is 396 g/mol. The molecule has 1 aromatic rings. The molecule has 32 heavy (non-hydrogen) atoms. The number of carbonyl (C=O) groups excluding carboxylic acids is 1. The molecule has 0 aromatic heterocycles. The van der Waals surface area contributed by atoms with E-state index in [1.807, 2.05) is 6.08 Å². The minimum absolute atomic E-state index is 0.0115. The van der Waals surface area contributed by atoms with Crippen molar-refractivity contribution < 1.29 is 14.6 Å². The molecule has 4 aliphatic carbocycles. The molecule has 0 amide bonds. The Labute approximate surface area is 192 Å². The van der Waals surface area contributed by atoms with E-state index < -0.39 is 0 Å². The Balaban J connectivity index is 0.000000775. The standard InChI is InChI=1S/C26H32O3.C3H4/c1-26-14-22(17-5-3-4-16(12-17)15-29-2)25-20-9-7-19(27)13-18(20)6-8-21(25)23(26)10-11-24(26)28;1-3-2/h3-5,12-13,21-24,28H,6-11,14-15H2,1-2H3;1H,2H3. The van der Waals surface area contributed by atoms with Crippen molar-refractivity contribution in [2.24, 2.45) is 17.3 Å². The van der Waals surface area contributed by atoms with Crippen molar-refractivity contribution in [3.05, 3.63) is 58.2 Å². The van der Waals surface area contributed by atoms with Crippen molar-refractivity contribution >= 4 is 5.78 Å². The van der Waals surface area contributed by atoms with Crippen molar-refractivity contribution in [1.29, 1.82) is 0 Å².